The second kappa shape index (κ2) is 6.42. The molecule has 1 heterocycles. The number of nitrogens with zero attached hydrogens (tertiary/aromatic N) is 2. The van der Waals surface area contributed by atoms with Gasteiger partial charge in [-0.05, 0) is 19.2 Å². The Bertz CT molecular complexity index is 360. The lowest BCUT2D eigenvalue weighted by Crippen LogP contribution is -2.32. The number of anilines is 1. The molecule has 0 aliphatic rings. The first kappa shape index (κ1) is 12.9. The highest BCUT2D eigenvalue weighted by atomic mass is 35.5. The quantitative estimate of drug-likeness (QED) is 0.744. The maximum atomic E-state index is 11.5. The van der Waals surface area contributed by atoms with Gasteiger partial charge in [0.05, 0.1) is 18.8 Å². The minimum absolute atomic E-state index is 0.0252. The Hall–Kier alpha value is -1.17. The molecule has 0 saturated carbocycles. The Labute approximate surface area is 99.0 Å². The topological polar surface area (TPSA) is 65.5 Å². The van der Waals surface area contributed by atoms with Gasteiger partial charge in [-0.15, -0.1) is 0 Å². The molecule has 0 atom stereocenters. The minimum atomic E-state index is -0.189. The lowest BCUT2D eigenvalue weighted by atomic mass is 10.4. The predicted octanol–water partition coefficient (Wildman–Crippen LogP) is 0.598. The van der Waals surface area contributed by atoms with Crippen molar-refractivity contribution in [2.75, 3.05) is 32.1 Å². The van der Waals surface area contributed by atoms with Gasteiger partial charge in [-0.3, -0.25) is 9.69 Å². The van der Waals surface area contributed by atoms with Crippen LogP contribution in [0.4, 0.5) is 5.69 Å². The standard InChI is InChI=1S/C10H14ClN3O2/c1-14(5-6-15)7-9(16)13-8-3-2-4-12-10(8)11/h2-4,15H,5-7H2,1H3,(H,13,16). The highest BCUT2D eigenvalue weighted by molar-refractivity contribution is 6.32. The van der Waals surface area contributed by atoms with E-state index in [2.05, 4.69) is 10.3 Å². The molecule has 6 heteroatoms. The summed E-state index contributed by atoms with van der Waals surface area (Å²) in [6, 6.07) is 3.37. The number of hydrogen-bond donors (Lipinski definition) is 2. The Morgan fingerprint density at radius 3 is 3.06 bits per heavy atom. The van der Waals surface area contributed by atoms with Gasteiger partial charge in [0, 0.05) is 12.7 Å². The molecule has 0 saturated heterocycles. The smallest absolute Gasteiger partial charge is 0.238 e. The number of aromatic nitrogens is 1. The van der Waals surface area contributed by atoms with Crippen LogP contribution in [-0.4, -0.2) is 47.6 Å². The van der Waals surface area contributed by atoms with Crippen molar-refractivity contribution in [2.24, 2.45) is 0 Å². The van der Waals surface area contributed by atoms with Crippen molar-refractivity contribution in [1.82, 2.24) is 9.88 Å². The largest absolute Gasteiger partial charge is 0.395 e. The molecule has 1 aromatic heterocycles. The van der Waals surface area contributed by atoms with Crippen LogP contribution in [0.15, 0.2) is 18.3 Å². The third kappa shape index (κ3) is 4.14. The molecule has 0 aliphatic carbocycles. The maximum Gasteiger partial charge on any atom is 0.238 e. The first-order chi connectivity index (χ1) is 7.63. The van der Waals surface area contributed by atoms with Crippen molar-refractivity contribution in [3.05, 3.63) is 23.5 Å². The van der Waals surface area contributed by atoms with Crippen LogP contribution < -0.4 is 5.32 Å². The van der Waals surface area contributed by atoms with E-state index >= 15 is 0 Å². The van der Waals surface area contributed by atoms with Crippen LogP contribution in [0, 0.1) is 0 Å². The number of pyridine rings is 1. The fourth-order valence-electron chi connectivity index (χ4n) is 1.16. The van der Waals surface area contributed by atoms with E-state index in [1.807, 2.05) is 0 Å². The average molecular weight is 244 g/mol. The zero-order valence-electron chi connectivity index (χ0n) is 8.98. The monoisotopic (exact) mass is 243 g/mol. The molecule has 1 rings (SSSR count). The molecule has 16 heavy (non-hydrogen) atoms. The normalized spacial score (nSPS) is 10.5. The molecular formula is C10H14ClN3O2. The predicted molar refractivity (Wildman–Crippen MR) is 62.5 cm³/mol. The molecule has 2 N–H and O–H groups in total. The molecule has 1 aromatic rings. The van der Waals surface area contributed by atoms with Crippen LogP contribution in [0.2, 0.25) is 5.15 Å². The minimum Gasteiger partial charge on any atom is -0.395 e. The summed E-state index contributed by atoms with van der Waals surface area (Å²) >= 11 is 5.79. The lowest BCUT2D eigenvalue weighted by molar-refractivity contribution is -0.117. The second-order valence-electron chi connectivity index (χ2n) is 3.35. The van der Waals surface area contributed by atoms with E-state index in [0.29, 0.717) is 12.2 Å². The number of rotatable bonds is 5. The van der Waals surface area contributed by atoms with Crippen LogP contribution in [0.5, 0.6) is 0 Å². The zero-order chi connectivity index (χ0) is 12.0. The summed E-state index contributed by atoms with van der Waals surface area (Å²) < 4.78 is 0. The second-order valence-corrected chi connectivity index (χ2v) is 3.71. The van der Waals surface area contributed by atoms with Crippen LogP contribution in [0.1, 0.15) is 0 Å². The van der Waals surface area contributed by atoms with Gasteiger partial charge in [0.25, 0.3) is 0 Å². The fraction of sp³-hybridized carbons (Fsp3) is 0.400. The number of hydrogen-bond acceptors (Lipinski definition) is 4. The summed E-state index contributed by atoms with van der Waals surface area (Å²) in [7, 11) is 1.75. The molecule has 1 amide bonds. The summed E-state index contributed by atoms with van der Waals surface area (Å²) in [6.07, 6.45) is 1.55. The number of carbonyl (C=O) groups is 1. The van der Waals surface area contributed by atoms with Crippen molar-refractivity contribution in [3.63, 3.8) is 0 Å². The van der Waals surface area contributed by atoms with Crippen LogP contribution >= 0.6 is 11.6 Å². The van der Waals surface area contributed by atoms with E-state index in [4.69, 9.17) is 16.7 Å². The molecular weight excluding hydrogens is 230 g/mol. The molecule has 0 radical (unpaired) electrons. The third-order valence-electron chi connectivity index (χ3n) is 1.93. The Balaban J connectivity index is 2.49. The van der Waals surface area contributed by atoms with E-state index in [0.717, 1.165) is 0 Å². The van der Waals surface area contributed by atoms with Gasteiger partial charge in [-0.1, -0.05) is 11.6 Å². The van der Waals surface area contributed by atoms with Crippen LogP contribution in [-0.2, 0) is 4.79 Å². The molecule has 0 unspecified atom stereocenters. The molecule has 88 valence electrons. The number of amides is 1. The Morgan fingerprint density at radius 2 is 2.44 bits per heavy atom. The SMILES string of the molecule is CN(CCO)CC(=O)Nc1cccnc1Cl. The van der Waals surface area contributed by atoms with E-state index in [-0.39, 0.29) is 24.2 Å². The number of likely N-dealkylation sites (N-methyl/N-ethyl adjacent to an activating group) is 1. The third-order valence-corrected chi connectivity index (χ3v) is 2.23. The van der Waals surface area contributed by atoms with E-state index in [9.17, 15) is 4.79 Å². The average Bonchev–Trinajstić information content (AvgIpc) is 2.21. The molecule has 0 aromatic carbocycles. The number of halogens is 1. The van der Waals surface area contributed by atoms with Gasteiger partial charge in [0.2, 0.25) is 5.91 Å². The summed E-state index contributed by atoms with van der Waals surface area (Å²) in [5, 5.41) is 11.6. The van der Waals surface area contributed by atoms with Gasteiger partial charge in [0.15, 0.2) is 5.15 Å². The fourth-order valence-corrected chi connectivity index (χ4v) is 1.33. The van der Waals surface area contributed by atoms with Crippen molar-refractivity contribution in [2.45, 2.75) is 0 Å². The van der Waals surface area contributed by atoms with Crippen molar-refractivity contribution in [1.29, 1.82) is 0 Å². The zero-order valence-corrected chi connectivity index (χ0v) is 9.74. The lowest BCUT2D eigenvalue weighted by Gasteiger charge is -2.14. The summed E-state index contributed by atoms with van der Waals surface area (Å²) in [5.74, 6) is -0.189. The van der Waals surface area contributed by atoms with Crippen molar-refractivity contribution >= 4 is 23.2 Å². The maximum absolute atomic E-state index is 11.5. The highest BCUT2D eigenvalue weighted by Gasteiger charge is 2.08. The summed E-state index contributed by atoms with van der Waals surface area (Å²) in [5.41, 5.74) is 0.492. The van der Waals surface area contributed by atoms with Crippen molar-refractivity contribution < 1.29 is 9.90 Å². The van der Waals surface area contributed by atoms with E-state index in [1.54, 1.807) is 30.3 Å². The summed E-state index contributed by atoms with van der Waals surface area (Å²) in [4.78, 5) is 17.1. The molecule has 5 nitrogen and oxygen atoms in total. The number of aliphatic hydroxyl groups is 1. The van der Waals surface area contributed by atoms with Gasteiger partial charge in [-0.2, -0.15) is 0 Å². The molecule has 0 fully saturated rings. The first-order valence-corrected chi connectivity index (χ1v) is 5.21. The van der Waals surface area contributed by atoms with Crippen LogP contribution in [0.25, 0.3) is 0 Å². The van der Waals surface area contributed by atoms with Gasteiger partial charge < -0.3 is 10.4 Å². The Kier molecular flexibility index (Phi) is 5.18. The van der Waals surface area contributed by atoms with E-state index < -0.39 is 0 Å². The summed E-state index contributed by atoms with van der Waals surface area (Å²) in [6.45, 7) is 0.678. The Morgan fingerprint density at radius 1 is 1.69 bits per heavy atom. The molecule has 0 bridgehead atoms. The van der Waals surface area contributed by atoms with E-state index in [1.165, 1.54) is 0 Å². The van der Waals surface area contributed by atoms with Gasteiger partial charge in [0.1, 0.15) is 0 Å². The highest BCUT2D eigenvalue weighted by Crippen LogP contribution is 2.16. The first-order valence-electron chi connectivity index (χ1n) is 4.83. The molecule has 0 aliphatic heterocycles. The number of nitrogens with one attached hydrogen (secondary N) is 1. The van der Waals surface area contributed by atoms with Crippen LogP contribution in [0.3, 0.4) is 0 Å². The van der Waals surface area contributed by atoms with Gasteiger partial charge >= 0.3 is 0 Å². The van der Waals surface area contributed by atoms with Gasteiger partial charge in [-0.25, -0.2) is 4.98 Å². The number of aliphatic hydroxyl groups excluding tert-OH is 1. The molecule has 0 spiro atoms. The van der Waals surface area contributed by atoms with Crippen molar-refractivity contribution in [3.8, 4) is 0 Å². The number of carbonyl (C=O) groups excluding carboxylic acids is 1.